The molecule has 148 valence electrons. The van der Waals surface area contributed by atoms with E-state index < -0.39 is 0 Å². The summed E-state index contributed by atoms with van der Waals surface area (Å²) in [6, 6.07) is 9.12. The third-order valence-corrected chi connectivity index (χ3v) is 4.92. The van der Waals surface area contributed by atoms with Crippen LogP contribution in [0.2, 0.25) is 0 Å². The summed E-state index contributed by atoms with van der Waals surface area (Å²) in [6.45, 7) is 6.20. The summed E-state index contributed by atoms with van der Waals surface area (Å²) in [4.78, 5) is 30.6. The molecular weight excluding hydrogens is 356 g/mol. The second kappa shape index (κ2) is 8.29. The van der Waals surface area contributed by atoms with Gasteiger partial charge in [-0.1, -0.05) is 6.07 Å². The largest absolute Gasteiger partial charge is 0.481 e. The van der Waals surface area contributed by atoms with Crippen LogP contribution in [0.3, 0.4) is 0 Å². The van der Waals surface area contributed by atoms with Gasteiger partial charge in [-0.25, -0.2) is 9.78 Å². The zero-order valence-corrected chi connectivity index (χ0v) is 16.7. The van der Waals surface area contributed by atoms with Gasteiger partial charge in [-0.15, -0.1) is 0 Å². The van der Waals surface area contributed by atoms with Gasteiger partial charge in [0.05, 0.1) is 13.7 Å². The van der Waals surface area contributed by atoms with Gasteiger partial charge in [0.2, 0.25) is 11.8 Å². The van der Waals surface area contributed by atoms with Gasteiger partial charge >= 0.3 is 6.03 Å². The number of aryl methyl sites for hydroxylation is 2. The lowest BCUT2D eigenvalue weighted by Gasteiger charge is -2.22. The maximum atomic E-state index is 12.4. The predicted molar refractivity (Wildman–Crippen MR) is 109 cm³/mol. The highest BCUT2D eigenvalue weighted by Gasteiger charge is 2.28. The first kappa shape index (κ1) is 19.7. The van der Waals surface area contributed by atoms with E-state index in [1.54, 1.807) is 18.1 Å². The number of carbonyl (C=O) groups is 2. The minimum absolute atomic E-state index is 0.114. The monoisotopic (exact) mass is 382 g/mol. The van der Waals surface area contributed by atoms with Crippen LogP contribution in [0.15, 0.2) is 30.3 Å². The lowest BCUT2D eigenvalue weighted by Crippen LogP contribution is -2.31. The van der Waals surface area contributed by atoms with Crippen LogP contribution in [-0.4, -0.2) is 30.1 Å². The van der Waals surface area contributed by atoms with Gasteiger partial charge in [0, 0.05) is 35.1 Å². The van der Waals surface area contributed by atoms with Gasteiger partial charge in [-0.2, -0.15) is 0 Å². The van der Waals surface area contributed by atoms with Crippen molar-refractivity contribution >= 4 is 23.3 Å². The Morgan fingerprint density at radius 3 is 2.79 bits per heavy atom. The second-order valence-electron chi connectivity index (χ2n) is 7.08. The van der Waals surface area contributed by atoms with Gasteiger partial charge in [0.15, 0.2) is 0 Å². The van der Waals surface area contributed by atoms with Crippen molar-refractivity contribution in [3.63, 3.8) is 0 Å². The molecule has 1 aliphatic heterocycles. The maximum absolute atomic E-state index is 12.4. The van der Waals surface area contributed by atoms with E-state index in [1.807, 2.05) is 45.0 Å². The van der Waals surface area contributed by atoms with Crippen molar-refractivity contribution in [1.82, 2.24) is 10.3 Å². The van der Waals surface area contributed by atoms with Crippen molar-refractivity contribution in [2.24, 2.45) is 0 Å². The van der Waals surface area contributed by atoms with E-state index in [-0.39, 0.29) is 18.0 Å². The Morgan fingerprint density at radius 1 is 1.32 bits per heavy atom. The molecule has 0 radical (unpaired) electrons. The van der Waals surface area contributed by atoms with Crippen molar-refractivity contribution in [3.05, 3.63) is 47.2 Å². The molecule has 2 aromatic rings. The number of aromatic nitrogens is 1. The van der Waals surface area contributed by atoms with Gasteiger partial charge < -0.3 is 20.3 Å². The first-order valence-electron chi connectivity index (χ1n) is 9.37. The molecule has 1 fully saturated rings. The van der Waals surface area contributed by atoms with E-state index in [4.69, 9.17) is 4.74 Å². The number of nitrogens with zero attached hydrogens (tertiary/aromatic N) is 2. The number of pyridine rings is 1. The number of nitrogens with one attached hydrogen (secondary N) is 2. The Bertz CT molecular complexity index is 897. The van der Waals surface area contributed by atoms with Crippen molar-refractivity contribution < 1.29 is 14.3 Å². The van der Waals surface area contributed by atoms with Crippen molar-refractivity contribution in [2.45, 2.75) is 46.2 Å². The summed E-state index contributed by atoms with van der Waals surface area (Å²) in [6.07, 6.45) is 1.41. The number of amides is 3. The highest BCUT2D eigenvalue weighted by Crippen LogP contribution is 2.28. The van der Waals surface area contributed by atoms with Crippen LogP contribution >= 0.6 is 0 Å². The highest BCUT2D eigenvalue weighted by molar-refractivity contribution is 5.97. The summed E-state index contributed by atoms with van der Waals surface area (Å²) in [7, 11) is 1.57. The van der Waals surface area contributed by atoms with Crippen LogP contribution in [0.25, 0.3) is 0 Å². The summed E-state index contributed by atoms with van der Waals surface area (Å²) < 4.78 is 5.33. The Morgan fingerprint density at radius 2 is 2.11 bits per heavy atom. The molecule has 7 heteroatoms. The zero-order valence-electron chi connectivity index (χ0n) is 16.7. The lowest BCUT2D eigenvalue weighted by molar-refractivity contribution is -0.117. The maximum Gasteiger partial charge on any atom is 0.319 e. The highest BCUT2D eigenvalue weighted by atomic mass is 16.5. The first-order chi connectivity index (χ1) is 13.4. The Labute approximate surface area is 165 Å². The van der Waals surface area contributed by atoms with Gasteiger partial charge in [0.1, 0.15) is 0 Å². The van der Waals surface area contributed by atoms with E-state index in [9.17, 15) is 9.59 Å². The minimum atomic E-state index is -0.333. The summed E-state index contributed by atoms with van der Waals surface area (Å²) in [5.74, 6) is 0.630. The third kappa shape index (κ3) is 4.24. The average Bonchev–Trinajstić information content (AvgIpc) is 2.99. The number of ether oxygens (including phenoxy) is 1. The topological polar surface area (TPSA) is 83.6 Å². The Kier molecular flexibility index (Phi) is 5.82. The molecule has 0 bridgehead atoms. The second-order valence-corrected chi connectivity index (χ2v) is 7.08. The van der Waals surface area contributed by atoms with Crippen LogP contribution < -0.4 is 20.3 Å². The summed E-state index contributed by atoms with van der Waals surface area (Å²) >= 11 is 0. The molecule has 0 unspecified atom stereocenters. The molecule has 1 aliphatic rings. The van der Waals surface area contributed by atoms with Gasteiger partial charge in [-0.3, -0.25) is 4.79 Å². The number of urea groups is 1. The van der Waals surface area contributed by atoms with Crippen LogP contribution in [0, 0.1) is 13.8 Å². The lowest BCUT2D eigenvalue weighted by atomic mass is 10.1. The summed E-state index contributed by atoms with van der Waals surface area (Å²) in [5.41, 5.74) is 4.15. The number of carbonyl (C=O) groups excluding carboxylic acids is 2. The number of rotatable bonds is 5. The standard InChI is InChI=1S/C21H26N4O3/c1-13-10-14(2)23-20(28-4)18(13)12-22-21(27)24-16-6-5-7-17(11-16)25-15(3)8-9-19(25)26/h5-7,10-11,15H,8-9,12H2,1-4H3,(H2,22,24,27)/t15-/m1/s1. The van der Waals surface area contributed by atoms with E-state index in [1.165, 1.54) is 0 Å². The van der Waals surface area contributed by atoms with E-state index in [0.29, 0.717) is 24.5 Å². The van der Waals surface area contributed by atoms with Crippen LogP contribution in [-0.2, 0) is 11.3 Å². The van der Waals surface area contributed by atoms with E-state index in [2.05, 4.69) is 15.6 Å². The molecule has 3 amide bonds. The molecule has 28 heavy (non-hydrogen) atoms. The van der Waals surface area contributed by atoms with Crippen molar-refractivity contribution in [3.8, 4) is 5.88 Å². The molecule has 1 atom stereocenters. The number of anilines is 2. The van der Waals surface area contributed by atoms with Crippen LogP contribution in [0.1, 0.15) is 36.6 Å². The quantitative estimate of drug-likeness (QED) is 0.828. The SMILES string of the molecule is COc1nc(C)cc(C)c1CNC(=O)Nc1cccc(N2C(=O)CC[C@H]2C)c1. The average molecular weight is 382 g/mol. The van der Waals surface area contributed by atoms with Crippen LogP contribution in [0.4, 0.5) is 16.2 Å². The molecule has 1 aromatic carbocycles. The molecule has 7 nitrogen and oxygen atoms in total. The fraction of sp³-hybridized carbons (Fsp3) is 0.381. The molecule has 0 aliphatic carbocycles. The van der Waals surface area contributed by atoms with Gasteiger partial charge in [0.25, 0.3) is 0 Å². The molecule has 2 heterocycles. The molecule has 0 spiro atoms. The zero-order chi connectivity index (χ0) is 20.3. The fourth-order valence-electron chi connectivity index (χ4n) is 3.52. The van der Waals surface area contributed by atoms with E-state index in [0.717, 1.165) is 28.9 Å². The van der Waals surface area contributed by atoms with E-state index >= 15 is 0 Å². The Hall–Kier alpha value is -3.09. The molecular formula is C21H26N4O3. The predicted octanol–water partition coefficient (Wildman–Crippen LogP) is 3.54. The number of methoxy groups -OCH3 is 1. The van der Waals surface area contributed by atoms with Crippen molar-refractivity contribution in [1.29, 1.82) is 0 Å². The first-order valence-corrected chi connectivity index (χ1v) is 9.37. The number of hydrogen-bond donors (Lipinski definition) is 2. The number of benzene rings is 1. The molecule has 1 aromatic heterocycles. The molecule has 1 saturated heterocycles. The third-order valence-electron chi connectivity index (χ3n) is 4.92. The summed E-state index contributed by atoms with van der Waals surface area (Å²) in [5, 5.41) is 5.66. The van der Waals surface area contributed by atoms with Gasteiger partial charge in [-0.05, 0) is 57.0 Å². The normalized spacial score (nSPS) is 16.2. The minimum Gasteiger partial charge on any atom is -0.481 e. The fourth-order valence-corrected chi connectivity index (χ4v) is 3.52. The number of hydrogen-bond acceptors (Lipinski definition) is 4. The molecule has 3 rings (SSSR count). The smallest absolute Gasteiger partial charge is 0.319 e. The molecule has 0 saturated carbocycles. The van der Waals surface area contributed by atoms with Crippen LogP contribution in [0.5, 0.6) is 5.88 Å². The molecule has 2 N–H and O–H groups in total. The Balaban J connectivity index is 1.66. The van der Waals surface area contributed by atoms with Crippen molar-refractivity contribution in [2.75, 3.05) is 17.3 Å².